The van der Waals surface area contributed by atoms with Gasteiger partial charge in [-0.3, -0.25) is 9.78 Å². The van der Waals surface area contributed by atoms with E-state index >= 15 is 0 Å². The molecule has 226 valence electrons. The van der Waals surface area contributed by atoms with Gasteiger partial charge in [0.2, 0.25) is 0 Å². The monoisotopic (exact) mass is 599 g/mol. The lowest BCUT2D eigenvalue weighted by Gasteiger charge is -2.26. The Balaban J connectivity index is 1.86. The summed E-state index contributed by atoms with van der Waals surface area (Å²) in [6.07, 6.45) is 11.3. The van der Waals surface area contributed by atoms with E-state index in [4.69, 9.17) is 17.3 Å². The largest absolute Gasteiger partial charge is 0.399 e. The number of pyridine rings is 1. The smallest absolute Gasteiger partial charge is 0.150 e. The minimum absolute atomic E-state index is 0.0171. The van der Waals surface area contributed by atoms with Gasteiger partial charge in [0.05, 0.1) is 33.5 Å². The van der Waals surface area contributed by atoms with Crippen LogP contribution in [0.3, 0.4) is 0 Å². The number of rotatable bonds is 12. The Morgan fingerprint density at radius 2 is 2.02 bits per heavy atom. The zero-order valence-corrected chi connectivity index (χ0v) is 26.6. The highest BCUT2D eigenvalue weighted by Crippen LogP contribution is 2.39. The second-order valence-corrected chi connectivity index (χ2v) is 13.1. The summed E-state index contributed by atoms with van der Waals surface area (Å²) in [5.41, 5.74) is 12.0. The fourth-order valence-corrected chi connectivity index (χ4v) is 5.19. The van der Waals surface area contributed by atoms with Gasteiger partial charge in [0.15, 0.2) is 6.29 Å². The third-order valence-electron chi connectivity index (χ3n) is 7.71. The predicted octanol–water partition coefficient (Wildman–Crippen LogP) is 7.05. The highest BCUT2D eigenvalue weighted by molar-refractivity contribution is 6.35. The fraction of sp³-hybridized carbons (Fsp3) is 0.382. The van der Waals surface area contributed by atoms with Gasteiger partial charge in [0.1, 0.15) is 6.07 Å². The predicted molar refractivity (Wildman–Crippen MR) is 178 cm³/mol. The van der Waals surface area contributed by atoms with Crippen molar-refractivity contribution >= 4 is 46.2 Å². The Bertz CT molecular complexity index is 1590. The third kappa shape index (κ3) is 7.60. The molecule has 8 nitrogen and oxygen atoms in total. The zero-order valence-electron chi connectivity index (χ0n) is 25.9. The van der Waals surface area contributed by atoms with Gasteiger partial charge in [-0.1, -0.05) is 57.5 Å². The Hall–Kier alpha value is -4.22. The molecule has 0 aliphatic heterocycles. The van der Waals surface area contributed by atoms with Gasteiger partial charge < -0.3 is 26.6 Å². The van der Waals surface area contributed by atoms with E-state index in [1.54, 1.807) is 12.3 Å². The summed E-state index contributed by atoms with van der Waals surface area (Å²) < 4.78 is 0. The second kappa shape index (κ2) is 13.0. The molecule has 0 amide bonds. The van der Waals surface area contributed by atoms with Crippen molar-refractivity contribution in [3.05, 3.63) is 81.9 Å². The molecule has 4 rings (SSSR count). The number of hydrogen-bond donors (Lipinski definition) is 4. The van der Waals surface area contributed by atoms with E-state index in [1.165, 1.54) is 0 Å². The summed E-state index contributed by atoms with van der Waals surface area (Å²) in [6, 6.07) is 11.2. The SMILES string of the molecule is CCC1(N/C=C(\N)C(Nc2cc(Cl)c3ncc(C#N)c(NCC(C)(C)C)c3c2)c2cccc(C=O)c2/C=C\N(C)C)CC1. The maximum atomic E-state index is 12.1. The normalized spacial score (nSPS) is 15.2. The van der Waals surface area contributed by atoms with E-state index in [0.29, 0.717) is 45.3 Å². The number of carbonyl (C=O) groups is 1. The summed E-state index contributed by atoms with van der Waals surface area (Å²) in [5.74, 6) is 0. The maximum absolute atomic E-state index is 12.1. The molecule has 5 N–H and O–H groups in total. The number of halogens is 1. The van der Waals surface area contributed by atoms with E-state index in [9.17, 15) is 10.1 Å². The van der Waals surface area contributed by atoms with E-state index < -0.39 is 6.04 Å². The number of nitrogens with zero attached hydrogens (tertiary/aromatic N) is 3. The van der Waals surface area contributed by atoms with Crippen LogP contribution in [-0.4, -0.2) is 42.3 Å². The Kier molecular flexibility index (Phi) is 9.56. The van der Waals surface area contributed by atoms with Gasteiger partial charge in [0, 0.05) is 55.2 Å². The molecule has 43 heavy (non-hydrogen) atoms. The van der Waals surface area contributed by atoms with Crippen molar-refractivity contribution in [3.63, 3.8) is 0 Å². The summed E-state index contributed by atoms with van der Waals surface area (Å²) in [6.45, 7) is 9.21. The van der Waals surface area contributed by atoms with E-state index in [-0.39, 0.29) is 11.0 Å². The minimum atomic E-state index is -0.506. The van der Waals surface area contributed by atoms with Gasteiger partial charge in [-0.2, -0.15) is 5.26 Å². The fourth-order valence-electron chi connectivity index (χ4n) is 4.92. The van der Waals surface area contributed by atoms with Gasteiger partial charge in [-0.25, -0.2) is 0 Å². The Morgan fingerprint density at radius 1 is 1.28 bits per heavy atom. The number of benzene rings is 2. The topological polar surface area (TPSA) is 119 Å². The molecule has 1 fully saturated rings. The zero-order chi connectivity index (χ0) is 31.4. The summed E-state index contributed by atoms with van der Waals surface area (Å²) in [4.78, 5) is 18.5. The second-order valence-electron chi connectivity index (χ2n) is 12.7. The molecular weight excluding hydrogens is 558 g/mol. The molecule has 1 aliphatic carbocycles. The van der Waals surface area contributed by atoms with Crippen LogP contribution in [0, 0.1) is 16.7 Å². The standard InChI is InChI=1S/C34H42ClN7O/c1-7-34(12-13-34)40-19-29(37)32(26-10-8-9-22(20-43)25(26)11-14-42(5)6)41-24-15-27-30(39-21-33(2,3)4)23(17-36)18-38-31(27)28(35)16-24/h8-11,14-16,18-20,32,40-41H,7,12-13,21,37H2,1-6H3,(H,38,39)/b14-11-,29-19-. The van der Waals surface area contributed by atoms with Crippen molar-refractivity contribution in [1.29, 1.82) is 5.26 Å². The highest BCUT2D eigenvalue weighted by atomic mass is 35.5. The molecule has 1 atom stereocenters. The lowest BCUT2D eigenvalue weighted by atomic mass is 9.93. The number of carbonyl (C=O) groups excluding carboxylic acids is 1. The van der Waals surface area contributed by atoms with Crippen molar-refractivity contribution in [3.8, 4) is 6.07 Å². The molecule has 0 saturated heterocycles. The molecule has 9 heteroatoms. The number of aromatic nitrogens is 1. The first-order valence-corrected chi connectivity index (χ1v) is 15.0. The van der Waals surface area contributed by atoms with Crippen molar-refractivity contribution in [2.24, 2.45) is 11.1 Å². The lowest BCUT2D eigenvalue weighted by molar-refractivity contribution is 0.112. The first-order chi connectivity index (χ1) is 20.4. The van der Waals surface area contributed by atoms with E-state index in [0.717, 1.165) is 42.1 Å². The number of nitriles is 1. The number of nitrogens with one attached hydrogen (secondary N) is 3. The molecule has 0 radical (unpaired) electrons. The van der Waals surface area contributed by atoms with Gasteiger partial charge in [-0.05, 0) is 60.2 Å². The van der Waals surface area contributed by atoms with Crippen LogP contribution in [0.2, 0.25) is 5.02 Å². The van der Waals surface area contributed by atoms with Gasteiger partial charge >= 0.3 is 0 Å². The van der Waals surface area contributed by atoms with Crippen LogP contribution in [-0.2, 0) is 0 Å². The van der Waals surface area contributed by atoms with E-state index in [1.807, 2.05) is 61.7 Å². The van der Waals surface area contributed by atoms with E-state index in [2.05, 4.69) is 54.7 Å². The molecule has 2 aromatic carbocycles. The maximum Gasteiger partial charge on any atom is 0.150 e. The van der Waals surface area contributed by atoms with Crippen molar-refractivity contribution in [2.45, 2.75) is 58.5 Å². The minimum Gasteiger partial charge on any atom is -0.399 e. The van der Waals surface area contributed by atoms with Gasteiger partial charge in [-0.15, -0.1) is 0 Å². The summed E-state index contributed by atoms with van der Waals surface area (Å²) >= 11 is 6.81. The number of nitrogens with two attached hydrogens (primary N) is 1. The molecule has 0 spiro atoms. The van der Waals surface area contributed by atoms with Crippen LogP contribution in [0.15, 0.2) is 54.6 Å². The van der Waals surface area contributed by atoms with Crippen LogP contribution in [0.4, 0.5) is 11.4 Å². The summed E-state index contributed by atoms with van der Waals surface area (Å²) in [5, 5.41) is 21.7. The summed E-state index contributed by atoms with van der Waals surface area (Å²) in [7, 11) is 3.86. The first-order valence-electron chi connectivity index (χ1n) is 14.6. The van der Waals surface area contributed by atoms with Crippen LogP contribution in [0.5, 0.6) is 0 Å². The van der Waals surface area contributed by atoms with Crippen molar-refractivity contribution in [2.75, 3.05) is 31.3 Å². The number of hydrogen-bond acceptors (Lipinski definition) is 8. The number of aldehydes is 1. The lowest BCUT2D eigenvalue weighted by Crippen LogP contribution is -2.29. The first kappa shape index (κ1) is 31.7. The molecule has 1 heterocycles. The van der Waals surface area contributed by atoms with Crippen LogP contribution in [0.1, 0.15) is 80.0 Å². The van der Waals surface area contributed by atoms with Crippen molar-refractivity contribution in [1.82, 2.24) is 15.2 Å². The quantitative estimate of drug-likeness (QED) is 0.164. The number of anilines is 2. The van der Waals surface area contributed by atoms with Gasteiger partial charge in [0.25, 0.3) is 0 Å². The molecule has 1 aliphatic rings. The highest BCUT2D eigenvalue weighted by Gasteiger charge is 2.39. The molecule has 0 bridgehead atoms. The van der Waals surface area contributed by atoms with Crippen LogP contribution < -0.4 is 21.7 Å². The average Bonchev–Trinajstić information content (AvgIpc) is 3.76. The van der Waals surface area contributed by atoms with Crippen molar-refractivity contribution < 1.29 is 4.79 Å². The third-order valence-corrected chi connectivity index (χ3v) is 8.00. The molecular formula is C34H42ClN7O. The van der Waals surface area contributed by atoms with Crippen LogP contribution >= 0.6 is 11.6 Å². The van der Waals surface area contributed by atoms with Crippen LogP contribution in [0.25, 0.3) is 17.0 Å². The molecule has 1 saturated carbocycles. The Labute approximate surface area is 260 Å². The average molecular weight is 600 g/mol. The molecule has 1 unspecified atom stereocenters. The number of fused-ring (bicyclic) bond motifs is 1. The Morgan fingerprint density at radius 3 is 2.63 bits per heavy atom. The molecule has 1 aromatic heterocycles. The molecule has 3 aromatic rings.